The van der Waals surface area contributed by atoms with Crippen LogP contribution < -0.4 is 0 Å². The van der Waals surface area contributed by atoms with Crippen molar-refractivity contribution in [3.8, 4) is 0 Å². The zero-order valence-electron chi connectivity index (χ0n) is 14.0. The van der Waals surface area contributed by atoms with Crippen LogP contribution in [0.3, 0.4) is 0 Å². The van der Waals surface area contributed by atoms with E-state index in [2.05, 4.69) is 6.58 Å². The monoisotopic (exact) mass is 284 g/mol. The largest absolute Gasteiger partial charge is 0.289 e. The summed E-state index contributed by atoms with van der Waals surface area (Å²) in [6.45, 7) is 13.6. The molecule has 0 bridgehead atoms. The van der Waals surface area contributed by atoms with Gasteiger partial charge in [0.1, 0.15) is 0 Å². The molecule has 0 radical (unpaired) electrons. The normalized spacial score (nSPS) is 10.4. The molecule has 0 aliphatic carbocycles. The average Bonchev–Trinajstić information content (AvgIpc) is 2.57. The van der Waals surface area contributed by atoms with Crippen LogP contribution in [0.1, 0.15) is 45.0 Å². The number of hydrogen-bond donors (Lipinski definition) is 0. The third kappa shape index (κ3) is 10.3. The fourth-order valence-corrected chi connectivity index (χ4v) is 1.37. The molecule has 0 atom stereocenters. The molecule has 0 heterocycles. The summed E-state index contributed by atoms with van der Waals surface area (Å²) in [5, 5.41) is 0. The van der Waals surface area contributed by atoms with E-state index in [0.717, 1.165) is 5.57 Å². The Morgan fingerprint density at radius 3 is 2.00 bits per heavy atom. The first-order valence-corrected chi connectivity index (χ1v) is 7.51. The van der Waals surface area contributed by atoms with Crippen molar-refractivity contribution in [3.05, 3.63) is 84.5 Å². The fraction of sp³-hybridized carbons (Fsp3) is 0.250. The van der Waals surface area contributed by atoms with Gasteiger partial charge in [0.25, 0.3) is 0 Å². The van der Waals surface area contributed by atoms with Crippen molar-refractivity contribution in [2.45, 2.75) is 34.6 Å². The molecule has 21 heavy (non-hydrogen) atoms. The Balaban J connectivity index is 0. The molecule has 0 aliphatic heterocycles. The lowest BCUT2D eigenvalue weighted by Gasteiger charge is -1.95. The first-order chi connectivity index (χ1) is 10.3. The van der Waals surface area contributed by atoms with Crippen LogP contribution in [-0.2, 0) is 0 Å². The maximum atomic E-state index is 11.8. The molecule has 1 heteroatoms. The number of carbonyl (C=O) groups excluding carboxylic acids is 1. The Bertz CT molecular complexity index is 462. The molecule has 1 aromatic carbocycles. The Morgan fingerprint density at radius 2 is 1.52 bits per heavy atom. The van der Waals surface area contributed by atoms with Gasteiger partial charge in [-0.25, -0.2) is 0 Å². The molecule has 0 N–H and O–H groups in total. The van der Waals surface area contributed by atoms with E-state index in [-0.39, 0.29) is 5.78 Å². The Hall–Kier alpha value is -2.15. The topological polar surface area (TPSA) is 17.1 Å². The van der Waals surface area contributed by atoms with Crippen molar-refractivity contribution in [3.63, 3.8) is 0 Å². The van der Waals surface area contributed by atoms with Crippen LogP contribution in [0.4, 0.5) is 0 Å². The van der Waals surface area contributed by atoms with Crippen LogP contribution in [0.25, 0.3) is 0 Å². The van der Waals surface area contributed by atoms with E-state index >= 15 is 0 Å². The van der Waals surface area contributed by atoms with Crippen LogP contribution in [0, 0.1) is 0 Å². The second-order valence-corrected chi connectivity index (χ2v) is 3.47. The number of ketones is 1. The Kier molecular flexibility index (Phi) is 16.0. The van der Waals surface area contributed by atoms with Crippen molar-refractivity contribution < 1.29 is 4.79 Å². The van der Waals surface area contributed by atoms with Gasteiger partial charge in [-0.3, -0.25) is 4.79 Å². The third-order valence-electron chi connectivity index (χ3n) is 2.15. The van der Waals surface area contributed by atoms with E-state index in [1.54, 1.807) is 30.4 Å². The molecular weight excluding hydrogens is 256 g/mol. The SMILES string of the molecule is C=C/C=C(\C=C/C)/C=C/C(=O)c1ccccc1.CC.CC. The number of carbonyl (C=O) groups is 1. The van der Waals surface area contributed by atoms with Gasteiger partial charge in [-0.05, 0) is 18.6 Å². The summed E-state index contributed by atoms with van der Waals surface area (Å²) in [5.41, 5.74) is 1.65. The van der Waals surface area contributed by atoms with Gasteiger partial charge in [0.15, 0.2) is 5.78 Å². The maximum absolute atomic E-state index is 11.8. The number of hydrogen-bond acceptors (Lipinski definition) is 1. The van der Waals surface area contributed by atoms with E-state index in [9.17, 15) is 4.79 Å². The van der Waals surface area contributed by atoms with Gasteiger partial charge in [-0.15, -0.1) is 0 Å². The molecule has 0 spiro atoms. The second kappa shape index (κ2) is 15.9. The number of allylic oxidation sites excluding steroid dienone is 7. The van der Waals surface area contributed by atoms with Gasteiger partial charge in [0.2, 0.25) is 0 Å². The summed E-state index contributed by atoms with van der Waals surface area (Å²) in [6, 6.07) is 9.21. The Labute approximate surface area is 130 Å². The summed E-state index contributed by atoms with van der Waals surface area (Å²) in [5.74, 6) is 0.00469. The zero-order chi connectivity index (χ0) is 16.5. The van der Waals surface area contributed by atoms with Crippen molar-refractivity contribution in [1.82, 2.24) is 0 Å². The summed E-state index contributed by atoms with van der Waals surface area (Å²) < 4.78 is 0. The quantitative estimate of drug-likeness (QED) is 0.359. The van der Waals surface area contributed by atoms with Crippen molar-refractivity contribution in [2.75, 3.05) is 0 Å². The van der Waals surface area contributed by atoms with Crippen molar-refractivity contribution in [2.24, 2.45) is 0 Å². The summed E-state index contributed by atoms with van der Waals surface area (Å²) in [6.07, 6.45) is 10.8. The smallest absolute Gasteiger partial charge is 0.185 e. The molecule has 0 aliphatic rings. The molecule has 1 aromatic rings. The zero-order valence-corrected chi connectivity index (χ0v) is 14.0. The molecule has 114 valence electrons. The van der Waals surface area contributed by atoms with E-state index in [1.807, 2.05) is 71.0 Å². The molecule has 0 fully saturated rings. The third-order valence-corrected chi connectivity index (χ3v) is 2.15. The minimum atomic E-state index is 0.00469. The van der Waals surface area contributed by atoms with Crippen LogP contribution in [0.2, 0.25) is 0 Å². The van der Waals surface area contributed by atoms with Crippen molar-refractivity contribution >= 4 is 5.78 Å². The molecule has 0 aromatic heterocycles. The molecule has 0 unspecified atom stereocenters. The minimum absolute atomic E-state index is 0.00469. The summed E-state index contributed by atoms with van der Waals surface area (Å²) in [4.78, 5) is 11.8. The maximum Gasteiger partial charge on any atom is 0.185 e. The van der Waals surface area contributed by atoms with Crippen LogP contribution in [0.5, 0.6) is 0 Å². The summed E-state index contributed by atoms with van der Waals surface area (Å²) in [7, 11) is 0. The highest BCUT2D eigenvalue weighted by molar-refractivity contribution is 6.04. The molecular formula is C20H28O. The number of benzene rings is 1. The van der Waals surface area contributed by atoms with Crippen molar-refractivity contribution in [1.29, 1.82) is 0 Å². The first kappa shape index (κ1) is 21.2. The van der Waals surface area contributed by atoms with Gasteiger partial charge >= 0.3 is 0 Å². The summed E-state index contributed by atoms with van der Waals surface area (Å²) >= 11 is 0. The van der Waals surface area contributed by atoms with E-state index in [4.69, 9.17) is 0 Å². The fourth-order valence-electron chi connectivity index (χ4n) is 1.37. The molecule has 1 rings (SSSR count). The highest BCUT2D eigenvalue weighted by Crippen LogP contribution is 2.04. The van der Waals surface area contributed by atoms with E-state index < -0.39 is 0 Å². The predicted octanol–water partition coefficient (Wildman–Crippen LogP) is 6.17. The first-order valence-electron chi connectivity index (χ1n) is 7.51. The minimum Gasteiger partial charge on any atom is -0.289 e. The molecule has 1 nitrogen and oxygen atoms in total. The molecule has 0 saturated heterocycles. The van der Waals surface area contributed by atoms with E-state index in [0.29, 0.717) is 5.56 Å². The predicted molar refractivity (Wildman–Crippen MR) is 95.7 cm³/mol. The lowest BCUT2D eigenvalue weighted by Crippen LogP contribution is -1.92. The second-order valence-electron chi connectivity index (χ2n) is 3.47. The number of rotatable bonds is 5. The van der Waals surface area contributed by atoms with Gasteiger partial charge in [-0.2, -0.15) is 0 Å². The standard InChI is InChI=1S/C16H16O.2C2H6/c1-3-8-14(9-4-2)12-13-16(17)15-10-6-5-7-11-15;2*1-2/h3-13H,1H2,2H3;2*1-2H3/b9-4-,13-12+,14-8+;;. The lowest BCUT2D eigenvalue weighted by atomic mass is 10.1. The lowest BCUT2D eigenvalue weighted by molar-refractivity contribution is 0.104. The van der Waals surface area contributed by atoms with Gasteiger partial charge in [0, 0.05) is 5.56 Å². The van der Waals surface area contributed by atoms with Crippen LogP contribution in [-0.4, -0.2) is 5.78 Å². The van der Waals surface area contributed by atoms with Gasteiger partial charge in [0.05, 0.1) is 0 Å². The van der Waals surface area contributed by atoms with Gasteiger partial charge < -0.3 is 0 Å². The average molecular weight is 284 g/mol. The van der Waals surface area contributed by atoms with Crippen LogP contribution >= 0.6 is 0 Å². The highest BCUT2D eigenvalue weighted by atomic mass is 16.1. The van der Waals surface area contributed by atoms with E-state index in [1.165, 1.54) is 0 Å². The highest BCUT2D eigenvalue weighted by Gasteiger charge is 1.98. The van der Waals surface area contributed by atoms with Gasteiger partial charge in [-0.1, -0.05) is 95.0 Å². The molecule has 0 saturated carbocycles. The van der Waals surface area contributed by atoms with Crippen LogP contribution in [0.15, 0.2) is 78.9 Å². The molecule has 0 amide bonds. The Morgan fingerprint density at radius 1 is 0.952 bits per heavy atom.